The van der Waals surface area contributed by atoms with Crippen LogP contribution in [0.25, 0.3) is 16.6 Å². The number of aliphatic hydroxyl groups is 1. The highest BCUT2D eigenvalue weighted by atomic mass is 16.3. The molecule has 6 heteroatoms. The van der Waals surface area contributed by atoms with E-state index in [-0.39, 0.29) is 17.6 Å². The molecule has 4 aromatic rings. The van der Waals surface area contributed by atoms with Crippen LogP contribution in [0.3, 0.4) is 0 Å². The molecular weight excluding hydrogens is 402 g/mol. The van der Waals surface area contributed by atoms with Gasteiger partial charge in [0, 0.05) is 17.1 Å². The Morgan fingerprint density at radius 2 is 1.56 bits per heavy atom. The zero-order valence-electron chi connectivity index (χ0n) is 17.4. The summed E-state index contributed by atoms with van der Waals surface area (Å²) >= 11 is 0. The average Bonchev–Trinajstić information content (AvgIpc) is 3.21. The lowest BCUT2D eigenvalue weighted by molar-refractivity contribution is 0.0790. The molecule has 32 heavy (non-hydrogen) atoms. The van der Waals surface area contributed by atoms with Gasteiger partial charge in [-0.3, -0.25) is 14.2 Å². The number of para-hydroxylation sites is 2. The van der Waals surface area contributed by atoms with Crippen LogP contribution in [0.2, 0.25) is 0 Å². The van der Waals surface area contributed by atoms with Crippen LogP contribution in [0.4, 0.5) is 0 Å². The number of carbonyl (C=O) groups is 2. The fraction of sp³-hybridized carbons (Fsp3) is 0.115. The minimum absolute atomic E-state index is 0.0573. The number of benzene rings is 3. The maximum Gasteiger partial charge on any atom is 0.256 e. The fourth-order valence-corrected chi connectivity index (χ4v) is 4.38. The molecule has 1 aliphatic rings. The minimum Gasteiger partial charge on any atom is -0.512 e. The lowest BCUT2D eigenvalue weighted by Gasteiger charge is -2.34. The van der Waals surface area contributed by atoms with E-state index in [4.69, 9.17) is 0 Å². The summed E-state index contributed by atoms with van der Waals surface area (Å²) in [6.07, 6.45) is 0. The Morgan fingerprint density at radius 1 is 0.938 bits per heavy atom. The van der Waals surface area contributed by atoms with Crippen molar-refractivity contribution in [2.24, 2.45) is 0 Å². The van der Waals surface area contributed by atoms with Gasteiger partial charge < -0.3 is 10.4 Å². The van der Waals surface area contributed by atoms with Gasteiger partial charge in [0.15, 0.2) is 0 Å². The first-order valence-electron chi connectivity index (χ1n) is 10.4. The summed E-state index contributed by atoms with van der Waals surface area (Å²) in [5.41, 5.74) is 3.07. The molecule has 0 saturated heterocycles. The van der Waals surface area contributed by atoms with Crippen LogP contribution in [-0.2, 0) is 0 Å². The van der Waals surface area contributed by atoms with Gasteiger partial charge in [0.2, 0.25) is 0 Å². The van der Waals surface area contributed by atoms with Crippen molar-refractivity contribution < 1.29 is 14.7 Å². The van der Waals surface area contributed by atoms with E-state index in [0.29, 0.717) is 28.0 Å². The minimum atomic E-state index is -0.924. The van der Waals surface area contributed by atoms with Crippen LogP contribution in [0.1, 0.15) is 39.4 Å². The van der Waals surface area contributed by atoms with Crippen molar-refractivity contribution in [1.82, 2.24) is 14.9 Å². The van der Waals surface area contributed by atoms with E-state index in [1.54, 1.807) is 31.2 Å². The summed E-state index contributed by atoms with van der Waals surface area (Å²) in [5, 5.41) is 13.7. The van der Waals surface area contributed by atoms with Crippen LogP contribution in [0, 0.1) is 0 Å². The molecule has 1 aliphatic heterocycles. The Bertz CT molecular complexity index is 1350. The molecule has 0 fully saturated rings. The number of hydrogen-bond acceptors (Lipinski definition) is 4. The molecule has 1 aromatic heterocycles. The number of nitrogens with zero attached hydrogens (tertiary/aromatic N) is 2. The first-order valence-corrected chi connectivity index (χ1v) is 10.4. The molecule has 2 atom stereocenters. The van der Waals surface area contributed by atoms with E-state index in [2.05, 4.69) is 10.3 Å². The molecule has 0 aliphatic carbocycles. The first kappa shape index (κ1) is 19.8. The Morgan fingerprint density at radius 3 is 2.25 bits per heavy atom. The standard InChI is InChI=1S/C26H21N3O3/c1-16(30)21-22(17-10-4-2-5-11-17)23(28-25(31)18-12-6-3-7-13-18)26(32)29-20-15-9-8-14-19(20)27-24(21)29/h2-15,22-23,30H,1H3,(H,28,31)/b21-16+. The SMILES string of the molecule is C/C(O)=C1\c2nc3ccccc3n2C(=O)C(NC(=O)c2ccccc2)C1c1ccccc1. The van der Waals surface area contributed by atoms with Gasteiger partial charge in [-0.1, -0.05) is 60.7 Å². The van der Waals surface area contributed by atoms with Crippen LogP contribution in [-0.4, -0.2) is 32.5 Å². The third-order valence-electron chi connectivity index (χ3n) is 5.80. The lowest BCUT2D eigenvalue weighted by Crippen LogP contribution is -2.50. The van der Waals surface area contributed by atoms with Gasteiger partial charge in [-0.25, -0.2) is 4.98 Å². The topological polar surface area (TPSA) is 84.2 Å². The molecule has 2 heterocycles. The Labute approximate surface area is 184 Å². The van der Waals surface area contributed by atoms with E-state index in [1.165, 1.54) is 4.57 Å². The molecule has 0 bridgehead atoms. The van der Waals surface area contributed by atoms with Crippen molar-refractivity contribution in [2.75, 3.05) is 0 Å². The molecular formula is C26H21N3O3. The van der Waals surface area contributed by atoms with Crippen LogP contribution >= 0.6 is 0 Å². The largest absolute Gasteiger partial charge is 0.512 e. The monoisotopic (exact) mass is 423 g/mol. The summed E-state index contributed by atoms with van der Waals surface area (Å²) in [4.78, 5) is 31.5. The number of hydrogen-bond donors (Lipinski definition) is 2. The molecule has 1 amide bonds. The van der Waals surface area contributed by atoms with Crippen molar-refractivity contribution in [1.29, 1.82) is 0 Å². The average molecular weight is 423 g/mol. The van der Waals surface area contributed by atoms with Crippen molar-refractivity contribution in [3.05, 3.63) is 108 Å². The highest BCUT2D eigenvalue weighted by Crippen LogP contribution is 2.42. The summed E-state index contributed by atoms with van der Waals surface area (Å²) in [7, 11) is 0. The molecule has 6 nitrogen and oxygen atoms in total. The summed E-state index contributed by atoms with van der Waals surface area (Å²) in [6.45, 7) is 1.58. The molecule has 0 saturated carbocycles. The first-order chi connectivity index (χ1) is 15.6. The fourth-order valence-electron chi connectivity index (χ4n) is 4.38. The maximum absolute atomic E-state index is 13.8. The zero-order valence-corrected chi connectivity index (χ0v) is 17.4. The molecule has 2 N–H and O–H groups in total. The third kappa shape index (κ3) is 3.17. The number of allylic oxidation sites excluding steroid dienone is 1. The number of aliphatic hydroxyl groups excluding tert-OH is 1. The Kier molecular flexibility index (Phi) is 4.82. The molecule has 0 spiro atoms. The van der Waals surface area contributed by atoms with Gasteiger partial charge in [0.1, 0.15) is 11.9 Å². The molecule has 158 valence electrons. The van der Waals surface area contributed by atoms with Crippen LogP contribution < -0.4 is 5.32 Å². The molecule has 3 aromatic carbocycles. The number of imidazole rings is 1. The second kappa shape index (κ2) is 7.81. The van der Waals surface area contributed by atoms with Gasteiger partial charge in [-0.05, 0) is 36.8 Å². The predicted molar refractivity (Wildman–Crippen MR) is 122 cm³/mol. The third-order valence-corrected chi connectivity index (χ3v) is 5.80. The van der Waals surface area contributed by atoms with Gasteiger partial charge in [0.25, 0.3) is 11.8 Å². The normalized spacial score (nSPS) is 19.5. The zero-order chi connectivity index (χ0) is 22.2. The van der Waals surface area contributed by atoms with Crippen molar-refractivity contribution >= 4 is 28.4 Å². The van der Waals surface area contributed by atoms with Crippen molar-refractivity contribution in [3.63, 3.8) is 0 Å². The summed E-state index contributed by atoms with van der Waals surface area (Å²) in [6, 6.07) is 24.6. The number of nitrogens with one attached hydrogen (secondary N) is 1. The van der Waals surface area contributed by atoms with E-state index >= 15 is 0 Å². The number of carbonyl (C=O) groups excluding carboxylic acids is 2. The quantitative estimate of drug-likeness (QED) is 0.473. The highest BCUT2D eigenvalue weighted by Gasteiger charge is 2.43. The van der Waals surface area contributed by atoms with Crippen LogP contribution in [0.5, 0.6) is 0 Å². The van der Waals surface area contributed by atoms with E-state index in [1.807, 2.05) is 60.7 Å². The van der Waals surface area contributed by atoms with E-state index in [0.717, 1.165) is 5.56 Å². The lowest BCUT2D eigenvalue weighted by atomic mass is 9.80. The number of amides is 1. The van der Waals surface area contributed by atoms with E-state index < -0.39 is 12.0 Å². The van der Waals surface area contributed by atoms with Gasteiger partial charge in [-0.15, -0.1) is 0 Å². The predicted octanol–water partition coefficient (Wildman–Crippen LogP) is 4.56. The van der Waals surface area contributed by atoms with Crippen molar-refractivity contribution in [3.8, 4) is 0 Å². The second-order valence-electron chi connectivity index (χ2n) is 7.80. The molecule has 0 radical (unpaired) electrons. The van der Waals surface area contributed by atoms with Gasteiger partial charge in [-0.2, -0.15) is 0 Å². The maximum atomic E-state index is 13.8. The number of fused-ring (bicyclic) bond motifs is 3. The van der Waals surface area contributed by atoms with Gasteiger partial charge >= 0.3 is 0 Å². The van der Waals surface area contributed by atoms with Crippen LogP contribution in [0.15, 0.2) is 90.7 Å². The summed E-state index contributed by atoms with van der Waals surface area (Å²) < 4.78 is 1.50. The number of rotatable bonds is 3. The highest BCUT2D eigenvalue weighted by molar-refractivity contribution is 6.05. The van der Waals surface area contributed by atoms with Gasteiger partial charge in [0.05, 0.1) is 16.8 Å². The Balaban J connectivity index is 1.72. The van der Waals surface area contributed by atoms with Crippen molar-refractivity contribution in [2.45, 2.75) is 18.9 Å². The molecule has 2 unspecified atom stereocenters. The summed E-state index contributed by atoms with van der Waals surface area (Å²) in [5.74, 6) is -0.785. The number of aromatic nitrogens is 2. The molecule has 5 rings (SSSR count). The smallest absolute Gasteiger partial charge is 0.256 e. The van der Waals surface area contributed by atoms with E-state index in [9.17, 15) is 14.7 Å². The Hall–Kier alpha value is -4.19. The second-order valence-corrected chi connectivity index (χ2v) is 7.80.